The van der Waals surface area contributed by atoms with Gasteiger partial charge < -0.3 is 15.5 Å². The van der Waals surface area contributed by atoms with Crippen LogP contribution in [0.5, 0.6) is 0 Å². The first kappa shape index (κ1) is 12.7. The lowest BCUT2D eigenvalue weighted by molar-refractivity contribution is -0.145. The maximum atomic E-state index is 11.5. The van der Waals surface area contributed by atoms with Crippen LogP contribution in [0.3, 0.4) is 0 Å². The highest BCUT2D eigenvalue weighted by Gasteiger charge is 2.16. The predicted molar refractivity (Wildman–Crippen MR) is 60.7 cm³/mol. The van der Waals surface area contributed by atoms with Gasteiger partial charge in [-0.25, -0.2) is 4.98 Å². The number of imidazole rings is 1. The van der Waals surface area contributed by atoms with Gasteiger partial charge in [-0.3, -0.25) is 4.79 Å². The Morgan fingerprint density at radius 2 is 2.38 bits per heavy atom. The SMILES string of the molecule is CC(C)CCOC(=O)[C@@H](N)Cc1cnc[nH]1. The van der Waals surface area contributed by atoms with E-state index in [1.165, 1.54) is 0 Å². The second-order valence-electron chi connectivity index (χ2n) is 4.24. The summed E-state index contributed by atoms with van der Waals surface area (Å²) >= 11 is 0. The summed E-state index contributed by atoms with van der Waals surface area (Å²) in [7, 11) is 0. The molecule has 0 aliphatic carbocycles. The molecule has 0 bridgehead atoms. The molecule has 0 fully saturated rings. The first-order chi connectivity index (χ1) is 7.59. The van der Waals surface area contributed by atoms with Crippen molar-refractivity contribution in [3.8, 4) is 0 Å². The standard InChI is InChI=1S/C11H19N3O2/c1-8(2)3-4-16-11(15)10(12)5-9-6-13-7-14-9/h6-8,10H,3-5,12H2,1-2H3,(H,13,14)/t10-/m0/s1. The molecule has 0 spiro atoms. The molecule has 0 aromatic carbocycles. The van der Waals surface area contributed by atoms with Gasteiger partial charge in [0.25, 0.3) is 0 Å². The fraction of sp³-hybridized carbons (Fsp3) is 0.636. The highest BCUT2D eigenvalue weighted by molar-refractivity contribution is 5.75. The number of hydrogen-bond donors (Lipinski definition) is 2. The van der Waals surface area contributed by atoms with Crippen LogP contribution in [0.2, 0.25) is 0 Å². The zero-order valence-electron chi connectivity index (χ0n) is 9.77. The number of nitrogens with two attached hydrogens (primary N) is 1. The third-order valence-corrected chi connectivity index (χ3v) is 2.24. The average Bonchev–Trinajstić information content (AvgIpc) is 2.69. The van der Waals surface area contributed by atoms with E-state index in [2.05, 4.69) is 23.8 Å². The summed E-state index contributed by atoms with van der Waals surface area (Å²) in [5.74, 6) is 0.173. The van der Waals surface area contributed by atoms with Crippen molar-refractivity contribution in [3.63, 3.8) is 0 Å². The fourth-order valence-corrected chi connectivity index (χ4v) is 1.22. The van der Waals surface area contributed by atoms with E-state index in [0.717, 1.165) is 12.1 Å². The highest BCUT2D eigenvalue weighted by atomic mass is 16.5. The number of rotatable bonds is 6. The zero-order valence-corrected chi connectivity index (χ0v) is 9.77. The van der Waals surface area contributed by atoms with E-state index < -0.39 is 6.04 Å². The van der Waals surface area contributed by atoms with Gasteiger partial charge in [-0.1, -0.05) is 13.8 Å². The van der Waals surface area contributed by atoms with Crippen LogP contribution in [0, 0.1) is 5.92 Å². The lowest BCUT2D eigenvalue weighted by atomic mass is 10.1. The normalized spacial score (nSPS) is 12.8. The van der Waals surface area contributed by atoms with Crippen LogP contribution in [0.1, 0.15) is 26.0 Å². The zero-order chi connectivity index (χ0) is 12.0. The van der Waals surface area contributed by atoms with Crippen molar-refractivity contribution in [2.45, 2.75) is 32.7 Å². The van der Waals surface area contributed by atoms with Gasteiger partial charge in [-0.15, -0.1) is 0 Å². The predicted octanol–water partition coefficient (Wildman–Crippen LogP) is 0.869. The number of nitrogens with zero attached hydrogens (tertiary/aromatic N) is 1. The van der Waals surface area contributed by atoms with Gasteiger partial charge in [0.15, 0.2) is 0 Å². The Morgan fingerprint density at radius 1 is 1.62 bits per heavy atom. The van der Waals surface area contributed by atoms with Gasteiger partial charge in [0.1, 0.15) is 6.04 Å². The molecule has 3 N–H and O–H groups in total. The summed E-state index contributed by atoms with van der Waals surface area (Å²) in [6.45, 7) is 4.60. The maximum Gasteiger partial charge on any atom is 0.323 e. The lowest BCUT2D eigenvalue weighted by Gasteiger charge is -2.11. The Labute approximate surface area is 95.4 Å². The van der Waals surface area contributed by atoms with Gasteiger partial charge >= 0.3 is 5.97 Å². The van der Waals surface area contributed by atoms with Crippen molar-refractivity contribution < 1.29 is 9.53 Å². The average molecular weight is 225 g/mol. The molecular formula is C11H19N3O2. The molecule has 1 heterocycles. The van der Waals surface area contributed by atoms with Crippen LogP contribution in [-0.2, 0) is 16.0 Å². The maximum absolute atomic E-state index is 11.5. The van der Waals surface area contributed by atoms with Crippen molar-refractivity contribution in [2.24, 2.45) is 11.7 Å². The molecule has 5 heteroatoms. The number of aromatic nitrogens is 2. The Hall–Kier alpha value is -1.36. The fourth-order valence-electron chi connectivity index (χ4n) is 1.22. The molecule has 1 rings (SSSR count). The minimum absolute atomic E-state index is 0.352. The quantitative estimate of drug-likeness (QED) is 0.704. The number of carbonyl (C=O) groups is 1. The summed E-state index contributed by atoms with van der Waals surface area (Å²) in [6.07, 6.45) is 4.51. The highest BCUT2D eigenvalue weighted by Crippen LogP contribution is 2.02. The lowest BCUT2D eigenvalue weighted by Crippen LogP contribution is -2.34. The van der Waals surface area contributed by atoms with E-state index in [0.29, 0.717) is 18.9 Å². The molecule has 0 radical (unpaired) electrons. The van der Waals surface area contributed by atoms with E-state index in [1.807, 2.05) is 0 Å². The summed E-state index contributed by atoms with van der Waals surface area (Å²) in [5, 5.41) is 0. The molecule has 0 unspecified atom stereocenters. The third kappa shape index (κ3) is 4.44. The molecule has 1 atom stereocenters. The molecule has 1 aromatic heterocycles. The smallest absolute Gasteiger partial charge is 0.323 e. The number of esters is 1. The largest absolute Gasteiger partial charge is 0.465 e. The topological polar surface area (TPSA) is 81.0 Å². The molecule has 16 heavy (non-hydrogen) atoms. The molecule has 90 valence electrons. The minimum Gasteiger partial charge on any atom is -0.465 e. The molecule has 0 amide bonds. The Morgan fingerprint density at radius 3 is 2.94 bits per heavy atom. The van der Waals surface area contributed by atoms with Gasteiger partial charge in [0.05, 0.1) is 12.9 Å². The van der Waals surface area contributed by atoms with E-state index in [1.54, 1.807) is 12.5 Å². The van der Waals surface area contributed by atoms with Crippen LogP contribution in [0.25, 0.3) is 0 Å². The van der Waals surface area contributed by atoms with Crippen LogP contribution in [0.15, 0.2) is 12.5 Å². The van der Waals surface area contributed by atoms with Crippen LogP contribution < -0.4 is 5.73 Å². The number of aromatic amines is 1. The number of nitrogens with one attached hydrogen (secondary N) is 1. The van der Waals surface area contributed by atoms with E-state index in [-0.39, 0.29) is 5.97 Å². The number of ether oxygens (including phenoxy) is 1. The van der Waals surface area contributed by atoms with Gasteiger partial charge in [-0.2, -0.15) is 0 Å². The van der Waals surface area contributed by atoms with Crippen LogP contribution >= 0.6 is 0 Å². The Kier molecular flexibility index (Phi) is 4.98. The van der Waals surface area contributed by atoms with Gasteiger partial charge in [-0.05, 0) is 12.3 Å². The molecule has 1 aromatic rings. The number of carbonyl (C=O) groups excluding carboxylic acids is 1. The Bertz CT molecular complexity index is 309. The second kappa shape index (κ2) is 6.27. The van der Waals surface area contributed by atoms with E-state index in [9.17, 15) is 4.79 Å². The third-order valence-electron chi connectivity index (χ3n) is 2.24. The number of H-pyrrole nitrogens is 1. The van der Waals surface area contributed by atoms with E-state index in [4.69, 9.17) is 10.5 Å². The van der Waals surface area contributed by atoms with Crippen molar-refractivity contribution in [1.82, 2.24) is 9.97 Å². The summed E-state index contributed by atoms with van der Waals surface area (Å²) in [6, 6.07) is -0.618. The van der Waals surface area contributed by atoms with Crippen LogP contribution in [0.4, 0.5) is 0 Å². The molecular weight excluding hydrogens is 206 g/mol. The monoisotopic (exact) mass is 225 g/mol. The molecule has 0 aliphatic rings. The van der Waals surface area contributed by atoms with Crippen molar-refractivity contribution in [1.29, 1.82) is 0 Å². The molecule has 0 saturated heterocycles. The molecule has 5 nitrogen and oxygen atoms in total. The molecule has 0 aliphatic heterocycles. The van der Waals surface area contributed by atoms with E-state index >= 15 is 0 Å². The first-order valence-electron chi connectivity index (χ1n) is 5.49. The molecule has 0 saturated carbocycles. The first-order valence-corrected chi connectivity index (χ1v) is 5.49. The second-order valence-corrected chi connectivity index (χ2v) is 4.24. The van der Waals surface area contributed by atoms with Crippen LogP contribution in [-0.4, -0.2) is 28.6 Å². The van der Waals surface area contributed by atoms with Crippen molar-refractivity contribution in [3.05, 3.63) is 18.2 Å². The minimum atomic E-state index is -0.618. The van der Waals surface area contributed by atoms with Gasteiger partial charge in [0, 0.05) is 18.3 Å². The summed E-state index contributed by atoms with van der Waals surface area (Å²) in [4.78, 5) is 18.2. The Balaban J connectivity index is 2.25. The summed E-state index contributed by atoms with van der Waals surface area (Å²) < 4.78 is 5.07. The number of hydrogen-bond acceptors (Lipinski definition) is 4. The van der Waals surface area contributed by atoms with Gasteiger partial charge in [0.2, 0.25) is 0 Å². The van der Waals surface area contributed by atoms with Crippen molar-refractivity contribution >= 4 is 5.97 Å². The summed E-state index contributed by atoms with van der Waals surface area (Å²) in [5.41, 5.74) is 6.54. The van der Waals surface area contributed by atoms with Crippen molar-refractivity contribution in [2.75, 3.05) is 6.61 Å².